The Morgan fingerprint density at radius 1 is 1.00 bits per heavy atom. The first-order valence-electron chi connectivity index (χ1n) is 10.5. The lowest BCUT2D eigenvalue weighted by Crippen LogP contribution is -2.68. The van der Waals surface area contributed by atoms with Crippen molar-refractivity contribution < 1.29 is 19.0 Å². The van der Waals surface area contributed by atoms with Crippen LogP contribution in [0.1, 0.15) is 17.0 Å². The summed E-state index contributed by atoms with van der Waals surface area (Å²) >= 11 is 0. The van der Waals surface area contributed by atoms with Gasteiger partial charge in [-0.2, -0.15) is 0 Å². The number of benzene rings is 2. The Morgan fingerprint density at radius 2 is 1.73 bits per heavy atom. The van der Waals surface area contributed by atoms with Crippen molar-refractivity contribution >= 4 is 5.97 Å². The summed E-state index contributed by atoms with van der Waals surface area (Å²) in [4.78, 5) is 15.4. The monoisotopic (exact) mass is 403 g/mol. The predicted octanol–water partition coefficient (Wildman–Crippen LogP) is 3.31. The van der Waals surface area contributed by atoms with Crippen molar-refractivity contribution in [2.24, 2.45) is 11.8 Å². The van der Waals surface area contributed by atoms with Crippen molar-refractivity contribution in [3.05, 3.63) is 71.8 Å². The summed E-state index contributed by atoms with van der Waals surface area (Å²) in [6.07, 6.45) is 3.69. The standard InChI is InChI=1S/C25H25NO4/c1-26(2)24-29-19-13-12-18-20(22(19)30-24)21-16-10-5-4-8-14(16)15-9-6-7-11-17(15)25(18,21)23(27)28-3/h4-13,18-22,24H,1-3H3/t18-,19?,20+,21+,22?,24?,25+/m1/s1. The Balaban J connectivity index is 1.57. The van der Waals surface area contributed by atoms with Crippen molar-refractivity contribution in [1.29, 1.82) is 0 Å². The van der Waals surface area contributed by atoms with E-state index < -0.39 is 5.41 Å². The van der Waals surface area contributed by atoms with Crippen LogP contribution in [-0.2, 0) is 24.4 Å². The molecule has 0 amide bonds. The lowest BCUT2D eigenvalue weighted by molar-refractivity contribution is -0.178. The lowest BCUT2D eigenvalue weighted by Gasteiger charge is -2.64. The molecule has 5 nitrogen and oxygen atoms in total. The zero-order valence-corrected chi connectivity index (χ0v) is 17.3. The summed E-state index contributed by atoms with van der Waals surface area (Å²) in [6.45, 7) is 0. The molecule has 0 radical (unpaired) electrons. The molecule has 1 saturated carbocycles. The zero-order chi connectivity index (χ0) is 20.6. The van der Waals surface area contributed by atoms with E-state index in [1.807, 2.05) is 31.1 Å². The molecule has 0 bridgehead atoms. The smallest absolute Gasteiger partial charge is 0.317 e. The number of carbonyl (C=O) groups excluding carboxylic acids is 1. The van der Waals surface area contributed by atoms with Gasteiger partial charge in [-0.3, -0.25) is 9.69 Å². The second-order valence-electron chi connectivity index (χ2n) is 8.93. The highest BCUT2D eigenvalue weighted by atomic mass is 16.8. The molecule has 0 spiro atoms. The third-order valence-corrected chi connectivity index (χ3v) is 7.48. The summed E-state index contributed by atoms with van der Waals surface area (Å²) < 4.78 is 18.0. The van der Waals surface area contributed by atoms with Crippen molar-refractivity contribution in [2.45, 2.75) is 30.0 Å². The number of allylic oxidation sites excluding steroid dienone is 1. The van der Waals surface area contributed by atoms with Gasteiger partial charge in [0.25, 0.3) is 0 Å². The third kappa shape index (κ3) is 2.05. The minimum atomic E-state index is -0.731. The van der Waals surface area contributed by atoms with E-state index in [0.29, 0.717) is 0 Å². The molecule has 30 heavy (non-hydrogen) atoms. The molecule has 7 atom stereocenters. The van der Waals surface area contributed by atoms with Gasteiger partial charge in [-0.15, -0.1) is 0 Å². The number of hydrogen-bond donors (Lipinski definition) is 0. The number of ether oxygens (including phenoxy) is 3. The van der Waals surface area contributed by atoms with E-state index in [1.165, 1.54) is 18.2 Å². The van der Waals surface area contributed by atoms with Crippen LogP contribution >= 0.6 is 0 Å². The number of rotatable bonds is 2. The molecule has 2 fully saturated rings. The maximum atomic E-state index is 13.5. The maximum absolute atomic E-state index is 13.5. The molecule has 3 aliphatic carbocycles. The fourth-order valence-corrected chi connectivity index (χ4v) is 6.40. The van der Waals surface area contributed by atoms with E-state index >= 15 is 0 Å². The highest BCUT2D eigenvalue weighted by Crippen LogP contribution is 2.70. The zero-order valence-electron chi connectivity index (χ0n) is 17.3. The maximum Gasteiger partial charge on any atom is 0.317 e. The largest absolute Gasteiger partial charge is 0.468 e. The minimum Gasteiger partial charge on any atom is -0.468 e. The average molecular weight is 403 g/mol. The summed E-state index contributed by atoms with van der Waals surface area (Å²) in [7, 11) is 5.40. The molecule has 5 heteroatoms. The van der Waals surface area contributed by atoms with Crippen molar-refractivity contribution in [2.75, 3.05) is 21.2 Å². The van der Waals surface area contributed by atoms with E-state index in [0.717, 1.165) is 11.1 Å². The number of nitrogens with zero attached hydrogens (tertiary/aromatic N) is 1. The number of methoxy groups -OCH3 is 1. The fraction of sp³-hybridized carbons (Fsp3) is 0.400. The number of carbonyl (C=O) groups is 1. The lowest BCUT2D eigenvalue weighted by atomic mass is 9.38. The van der Waals surface area contributed by atoms with Crippen LogP contribution < -0.4 is 0 Å². The average Bonchev–Trinajstić information content (AvgIpc) is 3.19. The molecule has 154 valence electrons. The Bertz CT molecular complexity index is 1060. The van der Waals surface area contributed by atoms with E-state index in [4.69, 9.17) is 14.2 Å². The molecule has 0 aromatic heterocycles. The topological polar surface area (TPSA) is 48.0 Å². The first kappa shape index (κ1) is 18.3. The predicted molar refractivity (Wildman–Crippen MR) is 112 cm³/mol. The highest BCUT2D eigenvalue weighted by Gasteiger charge is 2.73. The molecule has 3 unspecified atom stereocenters. The summed E-state index contributed by atoms with van der Waals surface area (Å²) in [6, 6.07) is 16.7. The van der Waals surface area contributed by atoms with Gasteiger partial charge in [0, 0.05) is 17.8 Å². The van der Waals surface area contributed by atoms with Gasteiger partial charge in [-0.1, -0.05) is 60.7 Å². The van der Waals surface area contributed by atoms with Gasteiger partial charge in [0.15, 0.2) is 0 Å². The first-order valence-corrected chi connectivity index (χ1v) is 10.5. The number of fused-ring (bicyclic) bond motifs is 11. The molecule has 1 saturated heterocycles. The Labute approximate surface area is 176 Å². The van der Waals surface area contributed by atoms with Crippen LogP contribution in [0.5, 0.6) is 0 Å². The van der Waals surface area contributed by atoms with Crippen LogP contribution in [-0.4, -0.2) is 50.7 Å². The Kier molecular flexibility index (Phi) is 3.82. The fourth-order valence-electron chi connectivity index (χ4n) is 6.40. The van der Waals surface area contributed by atoms with Gasteiger partial charge >= 0.3 is 5.97 Å². The second-order valence-corrected chi connectivity index (χ2v) is 8.93. The van der Waals surface area contributed by atoms with Crippen LogP contribution in [0.4, 0.5) is 0 Å². The van der Waals surface area contributed by atoms with E-state index in [2.05, 4.69) is 48.6 Å². The Hall–Kier alpha value is -2.47. The minimum absolute atomic E-state index is 0.00946. The highest BCUT2D eigenvalue weighted by molar-refractivity contribution is 5.94. The molecule has 4 aliphatic rings. The van der Waals surface area contributed by atoms with Gasteiger partial charge in [0.1, 0.15) is 11.5 Å². The van der Waals surface area contributed by atoms with Gasteiger partial charge in [-0.05, 0) is 36.3 Å². The van der Waals surface area contributed by atoms with Crippen LogP contribution in [0.2, 0.25) is 0 Å². The Morgan fingerprint density at radius 3 is 2.50 bits per heavy atom. The van der Waals surface area contributed by atoms with Gasteiger partial charge in [0.05, 0.1) is 13.2 Å². The van der Waals surface area contributed by atoms with Crippen LogP contribution in [0.3, 0.4) is 0 Å². The van der Waals surface area contributed by atoms with Crippen molar-refractivity contribution in [3.8, 4) is 11.1 Å². The molecule has 2 aromatic rings. The van der Waals surface area contributed by atoms with Crippen molar-refractivity contribution in [1.82, 2.24) is 4.90 Å². The van der Waals surface area contributed by atoms with E-state index in [1.54, 1.807) is 0 Å². The quantitative estimate of drug-likeness (QED) is 0.569. The molecule has 1 heterocycles. The van der Waals surface area contributed by atoms with E-state index in [-0.39, 0.29) is 42.3 Å². The van der Waals surface area contributed by atoms with Crippen LogP contribution in [0.25, 0.3) is 11.1 Å². The molecule has 6 rings (SSSR count). The third-order valence-electron chi connectivity index (χ3n) is 7.48. The molecule has 1 aliphatic heterocycles. The van der Waals surface area contributed by atoms with Crippen molar-refractivity contribution in [3.63, 3.8) is 0 Å². The number of esters is 1. The number of hydrogen-bond acceptors (Lipinski definition) is 5. The molecular weight excluding hydrogens is 378 g/mol. The van der Waals surface area contributed by atoms with Gasteiger partial charge < -0.3 is 14.2 Å². The molecular formula is C25H25NO4. The molecule has 2 aromatic carbocycles. The van der Waals surface area contributed by atoms with Gasteiger partial charge in [-0.25, -0.2) is 0 Å². The summed E-state index contributed by atoms with van der Waals surface area (Å²) in [5.41, 5.74) is 3.86. The summed E-state index contributed by atoms with van der Waals surface area (Å²) in [5, 5.41) is 0. The molecule has 0 N–H and O–H groups in total. The van der Waals surface area contributed by atoms with Gasteiger partial charge in [0.2, 0.25) is 6.41 Å². The van der Waals surface area contributed by atoms with E-state index in [9.17, 15) is 4.79 Å². The normalized spacial score (nSPS) is 37.3. The van der Waals surface area contributed by atoms with Crippen LogP contribution in [0, 0.1) is 11.8 Å². The second kappa shape index (κ2) is 6.27. The van der Waals surface area contributed by atoms with Crippen LogP contribution in [0.15, 0.2) is 60.7 Å². The summed E-state index contributed by atoms with van der Waals surface area (Å²) in [5.74, 6) is -0.0151. The SMILES string of the molecule is COC(=O)[C@]12c3ccccc3-c3ccccc3[C@H]1[C@H]1C3OC(N(C)C)OC3C=C[C@H]12. The first-order chi connectivity index (χ1) is 14.6.